The molecule has 2 aromatic heterocycles. The van der Waals surface area contributed by atoms with Crippen LogP contribution in [0.5, 0.6) is 11.5 Å². The molecule has 3 heterocycles. The molecule has 8 nitrogen and oxygen atoms in total. The van der Waals surface area contributed by atoms with E-state index in [2.05, 4.69) is 20.7 Å². The Morgan fingerprint density at radius 1 is 0.975 bits per heavy atom. The molecule has 12 heteroatoms. The Morgan fingerprint density at radius 2 is 1.75 bits per heavy atom. The van der Waals surface area contributed by atoms with E-state index in [-0.39, 0.29) is 17.1 Å². The normalized spacial score (nSPS) is 13.7. The minimum Gasteiger partial charge on any atom is -0.454 e. The number of amides is 2. The van der Waals surface area contributed by atoms with Crippen molar-refractivity contribution >= 4 is 23.1 Å². The third-order valence-electron chi connectivity index (χ3n) is 6.37. The van der Waals surface area contributed by atoms with Crippen LogP contribution in [0.25, 0.3) is 11.3 Å². The highest BCUT2D eigenvalue weighted by molar-refractivity contribution is 6.00. The summed E-state index contributed by atoms with van der Waals surface area (Å²) >= 11 is 0. The maximum atomic E-state index is 14.8. The summed E-state index contributed by atoms with van der Waals surface area (Å²) in [5.41, 5.74) is 0.968. The highest BCUT2D eigenvalue weighted by atomic mass is 19.4. The van der Waals surface area contributed by atoms with E-state index in [0.717, 1.165) is 43.0 Å². The Bertz CT molecular complexity index is 1510. The fourth-order valence-electron chi connectivity index (χ4n) is 4.45. The summed E-state index contributed by atoms with van der Waals surface area (Å²) in [6.45, 7) is 1.29. The molecule has 2 amide bonds. The number of rotatable bonds is 6. The Kier molecular flexibility index (Phi) is 7.58. The molecule has 4 aromatic rings. The number of carbonyl (C=O) groups excluding carboxylic acids is 1. The average Bonchev–Trinajstić information content (AvgIpc) is 3.36. The van der Waals surface area contributed by atoms with Crippen molar-refractivity contribution in [3.63, 3.8) is 0 Å². The molecule has 1 aliphatic rings. The summed E-state index contributed by atoms with van der Waals surface area (Å²) in [6, 6.07) is 9.70. The molecule has 1 aliphatic heterocycles. The van der Waals surface area contributed by atoms with Gasteiger partial charge in [-0.1, -0.05) is 0 Å². The Morgan fingerprint density at radius 3 is 2.45 bits per heavy atom. The van der Waals surface area contributed by atoms with Crippen LogP contribution in [0.3, 0.4) is 0 Å². The van der Waals surface area contributed by atoms with Gasteiger partial charge in [0.05, 0.1) is 17.5 Å². The first-order chi connectivity index (χ1) is 19.1. The van der Waals surface area contributed by atoms with Crippen LogP contribution in [0.15, 0.2) is 67.1 Å². The summed E-state index contributed by atoms with van der Waals surface area (Å²) in [4.78, 5) is 18.8. The standard InChI is InChI=1S/C28H26F4N6O2/c1-37-17-18(16-34-37)25-15-23(7-8-33-25)40-26-6-5-20(14-24(26)29)35-27(39)36-21-11-19(28(30,31)32)12-22(13-21)38-9-3-2-4-10-38/h5-8,11-17H,2-4,9-10H2,1H3,(H2,35,36,39). The lowest BCUT2D eigenvalue weighted by atomic mass is 10.1. The molecule has 0 atom stereocenters. The van der Waals surface area contributed by atoms with Crippen LogP contribution >= 0.6 is 0 Å². The van der Waals surface area contributed by atoms with E-state index in [1.54, 1.807) is 36.3 Å². The Labute approximate surface area is 227 Å². The second-order valence-corrected chi connectivity index (χ2v) is 9.42. The van der Waals surface area contributed by atoms with Crippen molar-refractivity contribution in [1.29, 1.82) is 0 Å². The third kappa shape index (κ3) is 6.50. The number of ether oxygens (including phenoxy) is 1. The SMILES string of the molecule is Cn1cc(-c2cc(Oc3ccc(NC(=O)Nc4cc(N5CCCCC5)cc(C(F)(F)F)c4)cc3F)ccn2)cn1. The van der Waals surface area contributed by atoms with Gasteiger partial charge in [0, 0.05) is 67.3 Å². The van der Waals surface area contributed by atoms with Crippen LogP contribution in [-0.4, -0.2) is 33.9 Å². The average molecular weight is 555 g/mol. The van der Waals surface area contributed by atoms with Crippen molar-refractivity contribution in [2.75, 3.05) is 28.6 Å². The number of hydrogen-bond acceptors (Lipinski definition) is 5. The molecular formula is C28H26F4N6O2. The molecule has 5 rings (SSSR count). The zero-order valence-electron chi connectivity index (χ0n) is 21.5. The number of anilines is 3. The molecular weight excluding hydrogens is 528 g/mol. The number of carbonyl (C=O) groups is 1. The maximum absolute atomic E-state index is 14.8. The molecule has 0 unspecified atom stereocenters. The molecule has 0 spiro atoms. The molecule has 1 fully saturated rings. The summed E-state index contributed by atoms with van der Waals surface area (Å²) in [7, 11) is 1.78. The summed E-state index contributed by atoms with van der Waals surface area (Å²) < 4.78 is 62.7. The number of aromatic nitrogens is 3. The highest BCUT2D eigenvalue weighted by Crippen LogP contribution is 2.35. The fraction of sp³-hybridized carbons (Fsp3) is 0.250. The van der Waals surface area contributed by atoms with E-state index in [9.17, 15) is 22.4 Å². The van der Waals surface area contributed by atoms with Crippen molar-refractivity contribution < 1.29 is 27.1 Å². The van der Waals surface area contributed by atoms with Gasteiger partial charge in [0.25, 0.3) is 0 Å². The summed E-state index contributed by atoms with van der Waals surface area (Å²) in [6.07, 6.45) is 3.18. The van der Waals surface area contributed by atoms with Crippen LogP contribution in [0, 0.1) is 5.82 Å². The van der Waals surface area contributed by atoms with Gasteiger partial charge in [-0.15, -0.1) is 0 Å². The predicted octanol–water partition coefficient (Wildman–Crippen LogP) is 7.07. The van der Waals surface area contributed by atoms with Crippen LogP contribution < -0.4 is 20.3 Å². The van der Waals surface area contributed by atoms with E-state index in [4.69, 9.17) is 4.74 Å². The second-order valence-electron chi connectivity index (χ2n) is 9.42. The topological polar surface area (TPSA) is 84.3 Å². The number of hydrogen-bond donors (Lipinski definition) is 2. The van der Waals surface area contributed by atoms with Crippen LogP contribution in [0.1, 0.15) is 24.8 Å². The molecule has 0 bridgehead atoms. The van der Waals surface area contributed by atoms with Gasteiger partial charge in [-0.2, -0.15) is 18.3 Å². The van der Waals surface area contributed by atoms with Crippen molar-refractivity contribution in [3.05, 3.63) is 78.5 Å². The first-order valence-corrected chi connectivity index (χ1v) is 12.6. The van der Waals surface area contributed by atoms with Crippen molar-refractivity contribution in [1.82, 2.24) is 14.8 Å². The van der Waals surface area contributed by atoms with E-state index >= 15 is 0 Å². The molecule has 2 N–H and O–H groups in total. The number of piperidine rings is 1. The Hall–Kier alpha value is -4.61. The largest absolute Gasteiger partial charge is 0.454 e. The molecule has 2 aromatic carbocycles. The molecule has 40 heavy (non-hydrogen) atoms. The predicted molar refractivity (Wildman–Crippen MR) is 143 cm³/mol. The van der Waals surface area contributed by atoms with Gasteiger partial charge in [-0.25, -0.2) is 9.18 Å². The van der Waals surface area contributed by atoms with Gasteiger partial charge in [0.1, 0.15) is 5.75 Å². The molecule has 0 radical (unpaired) electrons. The molecule has 0 saturated carbocycles. The van der Waals surface area contributed by atoms with Gasteiger partial charge >= 0.3 is 12.2 Å². The van der Waals surface area contributed by atoms with Gasteiger partial charge in [-0.3, -0.25) is 9.67 Å². The maximum Gasteiger partial charge on any atom is 0.416 e. The monoisotopic (exact) mass is 554 g/mol. The minimum absolute atomic E-state index is 0.0181. The number of benzene rings is 2. The van der Waals surface area contributed by atoms with Crippen LogP contribution in [0.4, 0.5) is 39.4 Å². The van der Waals surface area contributed by atoms with Crippen LogP contribution in [-0.2, 0) is 13.2 Å². The summed E-state index contributed by atoms with van der Waals surface area (Å²) in [5, 5.41) is 8.99. The van der Waals surface area contributed by atoms with E-state index in [0.29, 0.717) is 30.2 Å². The zero-order chi connectivity index (χ0) is 28.3. The second kappa shape index (κ2) is 11.2. The van der Waals surface area contributed by atoms with E-state index in [1.165, 1.54) is 24.4 Å². The first-order valence-electron chi connectivity index (χ1n) is 12.6. The number of alkyl halides is 3. The van der Waals surface area contributed by atoms with Gasteiger partial charge in [-0.05, 0) is 55.7 Å². The number of nitrogens with zero attached hydrogens (tertiary/aromatic N) is 4. The van der Waals surface area contributed by atoms with Gasteiger partial charge < -0.3 is 20.3 Å². The third-order valence-corrected chi connectivity index (χ3v) is 6.37. The summed E-state index contributed by atoms with van der Waals surface area (Å²) in [5.74, 6) is -0.484. The Balaban J connectivity index is 1.27. The lowest BCUT2D eigenvalue weighted by Gasteiger charge is -2.29. The lowest BCUT2D eigenvalue weighted by molar-refractivity contribution is -0.137. The minimum atomic E-state index is -4.58. The smallest absolute Gasteiger partial charge is 0.416 e. The number of pyridine rings is 1. The molecule has 0 aliphatic carbocycles. The van der Waals surface area contributed by atoms with Gasteiger partial charge in [0.15, 0.2) is 11.6 Å². The number of aryl methyl sites for hydroxylation is 1. The van der Waals surface area contributed by atoms with E-state index < -0.39 is 23.6 Å². The van der Waals surface area contributed by atoms with Crippen molar-refractivity contribution in [2.45, 2.75) is 25.4 Å². The molecule has 1 saturated heterocycles. The van der Waals surface area contributed by atoms with Crippen molar-refractivity contribution in [3.8, 4) is 22.8 Å². The zero-order valence-corrected chi connectivity index (χ0v) is 21.5. The number of urea groups is 1. The highest BCUT2D eigenvalue weighted by Gasteiger charge is 2.32. The fourth-order valence-corrected chi connectivity index (χ4v) is 4.45. The van der Waals surface area contributed by atoms with Crippen molar-refractivity contribution in [2.24, 2.45) is 7.05 Å². The van der Waals surface area contributed by atoms with Crippen LogP contribution in [0.2, 0.25) is 0 Å². The van der Waals surface area contributed by atoms with E-state index in [1.807, 2.05) is 4.90 Å². The quantitative estimate of drug-likeness (QED) is 0.249. The van der Waals surface area contributed by atoms with Gasteiger partial charge in [0.2, 0.25) is 0 Å². The number of nitrogens with one attached hydrogen (secondary N) is 2. The first kappa shape index (κ1) is 27.0. The number of halogens is 4. The lowest BCUT2D eigenvalue weighted by Crippen LogP contribution is -2.30. The molecule has 208 valence electrons.